The summed E-state index contributed by atoms with van der Waals surface area (Å²) >= 11 is 0. The number of aliphatic carboxylic acids is 1. The first-order valence-corrected chi connectivity index (χ1v) is 9.30. The van der Waals surface area contributed by atoms with Gasteiger partial charge >= 0.3 is 5.97 Å². The van der Waals surface area contributed by atoms with Gasteiger partial charge in [0, 0.05) is 26.1 Å². The van der Waals surface area contributed by atoms with Gasteiger partial charge in [0.25, 0.3) is 0 Å². The Morgan fingerprint density at radius 3 is 2.19 bits per heavy atom. The highest BCUT2D eigenvalue weighted by Crippen LogP contribution is 2.43. The van der Waals surface area contributed by atoms with Crippen molar-refractivity contribution in [1.29, 1.82) is 0 Å². The zero-order chi connectivity index (χ0) is 19.6. The van der Waals surface area contributed by atoms with E-state index in [1.807, 2.05) is 18.2 Å². The maximum Gasteiger partial charge on any atom is 0.326 e. The van der Waals surface area contributed by atoms with E-state index in [2.05, 4.69) is 4.90 Å². The fourth-order valence-corrected chi connectivity index (χ4v) is 4.37. The topological polar surface area (TPSA) is 79.3 Å². The second-order valence-corrected chi connectivity index (χ2v) is 7.70. The quantitative estimate of drug-likeness (QED) is 0.847. The van der Waals surface area contributed by atoms with Crippen LogP contribution >= 0.6 is 0 Å². The summed E-state index contributed by atoms with van der Waals surface area (Å²) in [6.07, 6.45) is 2.37. The number of carbonyl (C=O) groups excluding carboxylic acids is 1. The van der Waals surface area contributed by atoms with Crippen molar-refractivity contribution in [3.8, 4) is 11.5 Å². The molecular weight excluding hydrogens is 348 g/mol. The molecule has 2 saturated heterocycles. The molecule has 0 unspecified atom stereocenters. The molecule has 1 aromatic carbocycles. The Kier molecular flexibility index (Phi) is 5.60. The van der Waals surface area contributed by atoms with Gasteiger partial charge in [0.2, 0.25) is 5.91 Å². The number of carboxylic acids is 1. The molecule has 3 rings (SSSR count). The number of amides is 1. The minimum Gasteiger partial charge on any atom is -0.497 e. The van der Waals surface area contributed by atoms with Crippen LogP contribution in [0.2, 0.25) is 0 Å². The van der Waals surface area contributed by atoms with E-state index in [-0.39, 0.29) is 11.3 Å². The average molecular weight is 376 g/mol. The van der Waals surface area contributed by atoms with Crippen LogP contribution in [0.1, 0.15) is 31.7 Å². The lowest BCUT2D eigenvalue weighted by molar-refractivity contribution is -0.147. The fourth-order valence-electron chi connectivity index (χ4n) is 4.37. The first-order chi connectivity index (χ1) is 12.9. The summed E-state index contributed by atoms with van der Waals surface area (Å²) in [5, 5.41) is 9.46. The lowest BCUT2D eigenvalue weighted by atomic mass is 9.76. The number of hydrogen-bond acceptors (Lipinski definition) is 5. The standard InChI is InChI=1S/C20H28N2O5/c1-14(23)22-13-20(11-18(22)19(24)25)4-6-21(7-5-20)12-15-8-16(26-2)10-17(9-15)27-3/h8-10,18H,4-7,11-13H2,1-3H3,(H,24,25)/t18-/m1/s1. The maximum atomic E-state index is 11.8. The van der Waals surface area contributed by atoms with Gasteiger partial charge in [-0.05, 0) is 55.5 Å². The van der Waals surface area contributed by atoms with E-state index in [0.29, 0.717) is 13.0 Å². The van der Waals surface area contributed by atoms with Crippen molar-refractivity contribution in [2.75, 3.05) is 33.9 Å². The Morgan fingerprint density at radius 2 is 1.74 bits per heavy atom. The molecule has 0 radical (unpaired) electrons. The number of ether oxygens (including phenoxy) is 2. The first-order valence-electron chi connectivity index (χ1n) is 9.30. The number of methoxy groups -OCH3 is 2. The third kappa shape index (κ3) is 4.18. The lowest BCUT2D eigenvalue weighted by Gasteiger charge is -2.39. The average Bonchev–Trinajstić information content (AvgIpc) is 3.03. The number of piperidine rings is 1. The van der Waals surface area contributed by atoms with Crippen molar-refractivity contribution in [3.05, 3.63) is 23.8 Å². The molecular formula is C20H28N2O5. The van der Waals surface area contributed by atoms with E-state index in [1.165, 1.54) is 11.8 Å². The fraction of sp³-hybridized carbons (Fsp3) is 0.600. The molecule has 0 saturated carbocycles. The molecule has 1 atom stereocenters. The number of hydrogen-bond donors (Lipinski definition) is 1. The maximum absolute atomic E-state index is 11.8. The van der Waals surface area contributed by atoms with Crippen LogP contribution in [0.4, 0.5) is 0 Å². The number of rotatable bonds is 5. The number of benzene rings is 1. The van der Waals surface area contributed by atoms with Gasteiger partial charge in [0.1, 0.15) is 17.5 Å². The largest absolute Gasteiger partial charge is 0.497 e. The smallest absolute Gasteiger partial charge is 0.326 e. The highest BCUT2D eigenvalue weighted by Gasteiger charge is 2.49. The van der Waals surface area contributed by atoms with Crippen molar-refractivity contribution in [3.63, 3.8) is 0 Å². The van der Waals surface area contributed by atoms with Crippen molar-refractivity contribution < 1.29 is 24.2 Å². The van der Waals surface area contributed by atoms with Gasteiger partial charge in [-0.25, -0.2) is 4.79 Å². The van der Waals surface area contributed by atoms with Crippen molar-refractivity contribution in [2.45, 2.75) is 38.8 Å². The van der Waals surface area contributed by atoms with Crippen LogP contribution in [0.3, 0.4) is 0 Å². The first kappa shape index (κ1) is 19.5. The van der Waals surface area contributed by atoms with E-state index in [4.69, 9.17) is 9.47 Å². The van der Waals surface area contributed by atoms with Gasteiger partial charge in [-0.15, -0.1) is 0 Å². The molecule has 7 nitrogen and oxygen atoms in total. The summed E-state index contributed by atoms with van der Waals surface area (Å²) in [4.78, 5) is 27.3. The number of nitrogens with zero attached hydrogens (tertiary/aromatic N) is 2. The Balaban J connectivity index is 1.64. The van der Waals surface area contributed by atoms with Crippen LogP contribution in [0, 0.1) is 5.41 Å². The Hall–Kier alpha value is -2.28. The van der Waals surface area contributed by atoms with Gasteiger partial charge < -0.3 is 19.5 Å². The second kappa shape index (κ2) is 7.76. The lowest BCUT2D eigenvalue weighted by Crippen LogP contribution is -2.42. The van der Waals surface area contributed by atoms with Crippen LogP contribution in [-0.2, 0) is 16.1 Å². The summed E-state index contributed by atoms with van der Waals surface area (Å²) in [5.74, 6) is 0.503. The van der Waals surface area contributed by atoms with Crippen LogP contribution in [0.15, 0.2) is 18.2 Å². The summed E-state index contributed by atoms with van der Waals surface area (Å²) in [6.45, 7) is 4.58. The molecule has 7 heteroatoms. The van der Waals surface area contributed by atoms with E-state index < -0.39 is 12.0 Å². The highest BCUT2D eigenvalue weighted by atomic mass is 16.5. The zero-order valence-electron chi connectivity index (χ0n) is 16.2. The van der Waals surface area contributed by atoms with Gasteiger partial charge in [0.05, 0.1) is 14.2 Å². The molecule has 0 aliphatic carbocycles. The van der Waals surface area contributed by atoms with Gasteiger partial charge in [-0.3, -0.25) is 9.69 Å². The molecule has 1 aromatic rings. The Morgan fingerprint density at radius 1 is 1.15 bits per heavy atom. The molecule has 0 bridgehead atoms. The summed E-state index contributed by atoms with van der Waals surface area (Å²) in [7, 11) is 3.28. The van der Waals surface area contributed by atoms with E-state index in [0.717, 1.165) is 49.5 Å². The summed E-state index contributed by atoms with van der Waals surface area (Å²) < 4.78 is 10.7. The van der Waals surface area contributed by atoms with Crippen molar-refractivity contribution >= 4 is 11.9 Å². The highest BCUT2D eigenvalue weighted by molar-refractivity contribution is 5.83. The third-order valence-corrected chi connectivity index (χ3v) is 5.93. The predicted molar refractivity (Wildman–Crippen MR) is 99.9 cm³/mol. The van der Waals surface area contributed by atoms with Gasteiger partial charge in [0.15, 0.2) is 0 Å². The second-order valence-electron chi connectivity index (χ2n) is 7.70. The third-order valence-electron chi connectivity index (χ3n) is 5.93. The van der Waals surface area contributed by atoms with Gasteiger partial charge in [-0.1, -0.05) is 0 Å². The normalized spacial score (nSPS) is 22.0. The molecule has 2 aliphatic rings. The number of carbonyl (C=O) groups is 2. The van der Waals surface area contributed by atoms with Crippen molar-refractivity contribution in [2.24, 2.45) is 5.41 Å². The minimum atomic E-state index is -0.895. The molecule has 1 N–H and O–H groups in total. The Bertz CT molecular complexity index is 666. The molecule has 1 amide bonds. The SMILES string of the molecule is COc1cc(CN2CCC3(CC2)C[C@H](C(=O)O)N(C(C)=O)C3)cc(OC)c1. The van der Waals surface area contributed by atoms with E-state index >= 15 is 0 Å². The Labute approximate surface area is 159 Å². The molecule has 2 fully saturated rings. The van der Waals surface area contributed by atoms with Gasteiger partial charge in [-0.2, -0.15) is 0 Å². The number of carboxylic acid groups (broad SMARTS) is 1. The van der Waals surface area contributed by atoms with E-state index in [1.54, 1.807) is 14.2 Å². The van der Waals surface area contributed by atoms with E-state index in [9.17, 15) is 14.7 Å². The molecule has 1 spiro atoms. The molecule has 27 heavy (non-hydrogen) atoms. The monoisotopic (exact) mass is 376 g/mol. The van der Waals surface area contributed by atoms with Crippen molar-refractivity contribution in [1.82, 2.24) is 9.80 Å². The van der Waals surface area contributed by atoms with Crippen LogP contribution in [0.25, 0.3) is 0 Å². The summed E-state index contributed by atoms with van der Waals surface area (Å²) in [6, 6.07) is 5.20. The van der Waals surface area contributed by atoms with Crippen LogP contribution in [-0.4, -0.2) is 66.7 Å². The zero-order valence-corrected chi connectivity index (χ0v) is 16.2. The van der Waals surface area contributed by atoms with Crippen LogP contribution in [0.5, 0.6) is 11.5 Å². The summed E-state index contributed by atoms with van der Waals surface area (Å²) in [5.41, 5.74) is 1.06. The number of likely N-dealkylation sites (tertiary alicyclic amines) is 2. The molecule has 2 aliphatic heterocycles. The molecule has 2 heterocycles. The molecule has 148 valence electrons. The predicted octanol–water partition coefficient (Wildman–Crippen LogP) is 1.99. The minimum absolute atomic E-state index is 0.0721. The molecule has 0 aromatic heterocycles. The van der Waals surface area contributed by atoms with Crippen LogP contribution < -0.4 is 9.47 Å².